The molecule has 2 heteroatoms. The average Bonchev–Trinajstić information content (AvgIpc) is 2.19. The minimum Gasteiger partial charge on any atom is -0.389 e. The molecule has 0 saturated heterocycles. The van der Waals surface area contributed by atoms with Crippen LogP contribution >= 0.6 is 0 Å². The summed E-state index contributed by atoms with van der Waals surface area (Å²) < 4.78 is 0. The Kier molecular flexibility index (Phi) is 2.31. The van der Waals surface area contributed by atoms with E-state index in [1.165, 1.54) is 0 Å². The Bertz CT molecular complexity index is 311. The van der Waals surface area contributed by atoms with Gasteiger partial charge in [-0.3, -0.25) is 4.98 Å². The molecule has 1 aliphatic carbocycles. The smallest absolute Gasteiger partial charge is 0.0719 e. The summed E-state index contributed by atoms with van der Waals surface area (Å²) in [6, 6.07) is 3.95. The normalized spacial score (nSPS) is 36.5. The van der Waals surface area contributed by atoms with Gasteiger partial charge in [0.05, 0.1) is 5.60 Å². The van der Waals surface area contributed by atoms with E-state index in [9.17, 15) is 5.11 Å². The Labute approximate surface area is 85.0 Å². The fraction of sp³-hybridized carbons (Fsp3) is 0.583. The summed E-state index contributed by atoms with van der Waals surface area (Å²) in [7, 11) is 0. The van der Waals surface area contributed by atoms with Gasteiger partial charge in [0.1, 0.15) is 0 Å². The highest BCUT2D eigenvalue weighted by Gasteiger charge is 2.47. The van der Waals surface area contributed by atoms with Gasteiger partial charge in [0.2, 0.25) is 0 Å². The highest BCUT2D eigenvalue weighted by atomic mass is 16.3. The molecule has 1 aromatic heterocycles. The quantitative estimate of drug-likeness (QED) is 0.776. The van der Waals surface area contributed by atoms with Gasteiger partial charge in [0, 0.05) is 18.8 Å². The van der Waals surface area contributed by atoms with Crippen LogP contribution in [-0.2, 0) is 6.42 Å². The maximum Gasteiger partial charge on any atom is 0.0719 e. The predicted molar refractivity (Wildman–Crippen MR) is 55.8 cm³/mol. The first-order valence-corrected chi connectivity index (χ1v) is 5.23. The van der Waals surface area contributed by atoms with E-state index in [1.54, 1.807) is 6.20 Å². The Morgan fingerprint density at radius 1 is 1.57 bits per heavy atom. The van der Waals surface area contributed by atoms with Crippen LogP contribution in [0.4, 0.5) is 0 Å². The largest absolute Gasteiger partial charge is 0.389 e. The molecule has 1 saturated carbocycles. The number of hydrogen-bond donors (Lipinski definition) is 1. The van der Waals surface area contributed by atoms with Crippen LogP contribution in [0.5, 0.6) is 0 Å². The van der Waals surface area contributed by atoms with Crippen LogP contribution in [0.15, 0.2) is 24.5 Å². The number of aromatic nitrogens is 1. The second kappa shape index (κ2) is 3.35. The number of pyridine rings is 1. The number of rotatable bonds is 2. The zero-order valence-corrected chi connectivity index (χ0v) is 8.77. The van der Waals surface area contributed by atoms with E-state index in [1.807, 2.05) is 18.3 Å². The van der Waals surface area contributed by atoms with Crippen molar-refractivity contribution in [2.45, 2.75) is 32.3 Å². The lowest BCUT2D eigenvalue weighted by molar-refractivity contribution is -0.123. The molecule has 0 aromatic carbocycles. The van der Waals surface area contributed by atoms with Gasteiger partial charge < -0.3 is 5.11 Å². The third-order valence-electron chi connectivity index (χ3n) is 3.61. The van der Waals surface area contributed by atoms with Gasteiger partial charge in [-0.25, -0.2) is 0 Å². The van der Waals surface area contributed by atoms with Crippen LogP contribution < -0.4 is 0 Å². The van der Waals surface area contributed by atoms with Gasteiger partial charge in [0.25, 0.3) is 0 Å². The number of nitrogens with zero attached hydrogens (tertiary/aromatic N) is 1. The molecular formula is C12H17NO. The van der Waals surface area contributed by atoms with Crippen molar-refractivity contribution in [3.63, 3.8) is 0 Å². The second-order valence-corrected chi connectivity index (χ2v) is 4.61. The summed E-state index contributed by atoms with van der Waals surface area (Å²) >= 11 is 0. The van der Waals surface area contributed by atoms with Crippen molar-refractivity contribution in [3.8, 4) is 0 Å². The lowest BCUT2D eigenvalue weighted by atomic mass is 9.61. The molecule has 1 aromatic rings. The van der Waals surface area contributed by atoms with E-state index >= 15 is 0 Å². The van der Waals surface area contributed by atoms with E-state index in [-0.39, 0.29) is 0 Å². The van der Waals surface area contributed by atoms with Crippen LogP contribution in [0.1, 0.15) is 25.8 Å². The van der Waals surface area contributed by atoms with E-state index < -0.39 is 5.60 Å². The average molecular weight is 191 g/mol. The molecule has 3 atom stereocenters. The molecule has 14 heavy (non-hydrogen) atoms. The molecular weight excluding hydrogens is 174 g/mol. The topological polar surface area (TPSA) is 33.1 Å². The SMILES string of the molecule is CC1CC(O)(Cc2cccnc2)C1C. The fourth-order valence-electron chi connectivity index (χ4n) is 2.38. The first-order chi connectivity index (χ1) is 6.62. The number of hydrogen-bond acceptors (Lipinski definition) is 2. The molecule has 0 radical (unpaired) electrons. The molecule has 76 valence electrons. The number of aliphatic hydroxyl groups is 1. The van der Waals surface area contributed by atoms with Crippen LogP contribution in [0.25, 0.3) is 0 Å². The van der Waals surface area contributed by atoms with Gasteiger partial charge >= 0.3 is 0 Å². The maximum absolute atomic E-state index is 10.3. The van der Waals surface area contributed by atoms with Gasteiger partial charge in [0.15, 0.2) is 0 Å². The predicted octanol–water partition coefficient (Wildman–Crippen LogP) is 2.03. The van der Waals surface area contributed by atoms with Crippen molar-refractivity contribution in [2.75, 3.05) is 0 Å². The Hall–Kier alpha value is -0.890. The van der Waals surface area contributed by atoms with Crippen molar-refractivity contribution < 1.29 is 5.11 Å². The summed E-state index contributed by atoms with van der Waals surface area (Å²) in [5, 5.41) is 10.3. The fourth-order valence-corrected chi connectivity index (χ4v) is 2.38. The van der Waals surface area contributed by atoms with Crippen LogP contribution in [0, 0.1) is 11.8 Å². The minimum absolute atomic E-state index is 0.405. The van der Waals surface area contributed by atoms with E-state index in [0.717, 1.165) is 18.4 Å². The minimum atomic E-state index is -0.484. The van der Waals surface area contributed by atoms with Crippen LogP contribution in [0.2, 0.25) is 0 Å². The van der Waals surface area contributed by atoms with Gasteiger partial charge in [-0.2, -0.15) is 0 Å². The van der Waals surface area contributed by atoms with E-state index in [4.69, 9.17) is 0 Å². The zero-order chi connectivity index (χ0) is 10.2. The highest BCUT2D eigenvalue weighted by molar-refractivity contribution is 5.15. The third-order valence-corrected chi connectivity index (χ3v) is 3.61. The molecule has 0 spiro atoms. The molecule has 1 aliphatic rings. The Balaban J connectivity index is 2.06. The van der Waals surface area contributed by atoms with Gasteiger partial charge in [-0.05, 0) is 29.9 Å². The van der Waals surface area contributed by atoms with Crippen molar-refractivity contribution in [1.82, 2.24) is 4.98 Å². The van der Waals surface area contributed by atoms with E-state index in [2.05, 4.69) is 18.8 Å². The van der Waals surface area contributed by atoms with E-state index in [0.29, 0.717) is 11.8 Å². The summed E-state index contributed by atoms with van der Waals surface area (Å²) in [5.41, 5.74) is 0.649. The van der Waals surface area contributed by atoms with Crippen molar-refractivity contribution >= 4 is 0 Å². The van der Waals surface area contributed by atoms with Gasteiger partial charge in [-0.15, -0.1) is 0 Å². The van der Waals surface area contributed by atoms with Gasteiger partial charge in [-0.1, -0.05) is 19.9 Å². The molecule has 1 N–H and O–H groups in total. The first kappa shape index (κ1) is 9.66. The second-order valence-electron chi connectivity index (χ2n) is 4.61. The summed E-state index contributed by atoms with van der Waals surface area (Å²) in [6.07, 6.45) is 5.27. The maximum atomic E-state index is 10.3. The summed E-state index contributed by atoms with van der Waals surface area (Å²) in [5.74, 6) is 1.05. The lowest BCUT2D eigenvalue weighted by Crippen LogP contribution is -2.53. The Morgan fingerprint density at radius 2 is 2.36 bits per heavy atom. The third kappa shape index (κ3) is 1.55. The molecule has 3 unspecified atom stereocenters. The first-order valence-electron chi connectivity index (χ1n) is 5.23. The molecule has 2 rings (SSSR count). The molecule has 0 aliphatic heterocycles. The summed E-state index contributed by atoms with van der Waals surface area (Å²) in [4.78, 5) is 4.06. The van der Waals surface area contributed by atoms with Crippen molar-refractivity contribution in [1.29, 1.82) is 0 Å². The van der Waals surface area contributed by atoms with Crippen LogP contribution in [-0.4, -0.2) is 15.7 Å². The van der Waals surface area contributed by atoms with Crippen molar-refractivity contribution in [2.24, 2.45) is 11.8 Å². The lowest BCUT2D eigenvalue weighted by Gasteiger charge is -2.49. The molecule has 0 amide bonds. The molecule has 2 nitrogen and oxygen atoms in total. The van der Waals surface area contributed by atoms with Crippen LogP contribution in [0.3, 0.4) is 0 Å². The summed E-state index contributed by atoms with van der Waals surface area (Å²) in [6.45, 7) is 4.33. The monoisotopic (exact) mass is 191 g/mol. The molecule has 1 heterocycles. The Morgan fingerprint density at radius 3 is 2.86 bits per heavy atom. The standard InChI is InChI=1S/C12H17NO/c1-9-6-12(14,10(9)2)7-11-4-3-5-13-8-11/h3-5,8-10,14H,6-7H2,1-2H3. The highest BCUT2D eigenvalue weighted by Crippen LogP contribution is 2.45. The molecule has 0 bridgehead atoms. The zero-order valence-electron chi connectivity index (χ0n) is 8.77. The molecule has 1 fully saturated rings. The van der Waals surface area contributed by atoms with Crippen molar-refractivity contribution in [3.05, 3.63) is 30.1 Å².